The molecule has 0 saturated carbocycles. The Kier molecular flexibility index (Phi) is 4.77. The molecule has 0 spiro atoms. The van der Waals surface area contributed by atoms with Gasteiger partial charge in [-0.05, 0) is 36.6 Å². The molecule has 20 heavy (non-hydrogen) atoms. The minimum atomic E-state index is -0.398. The predicted octanol–water partition coefficient (Wildman–Crippen LogP) is 3.22. The molecule has 0 aliphatic carbocycles. The van der Waals surface area contributed by atoms with Crippen LogP contribution >= 0.6 is 0 Å². The zero-order valence-corrected chi connectivity index (χ0v) is 11.7. The second-order valence-corrected chi connectivity index (χ2v) is 4.88. The van der Waals surface area contributed by atoms with Gasteiger partial charge in [0.25, 0.3) is 0 Å². The average molecular weight is 268 g/mol. The van der Waals surface area contributed by atoms with Gasteiger partial charge in [0.2, 0.25) is 5.91 Å². The Hall–Kier alpha value is -2.29. The fourth-order valence-corrected chi connectivity index (χ4v) is 2.19. The van der Waals surface area contributed by atoms with Crippen LogP contribution in [0.15, 0.2) is 54.6 Å². The second kappa shape index (κ2) is 6.75. The largest absolute Gasteiger partial charge is 0.382 e. The van der Waals surface area contributed by atoms with Gasteiger partial charge in [0.05, 0.1) is 0 Å². The van der Waals surface area contributed by atoms with Crippen molar-refractivity contribution in [3.8, 4) is 0 Å². The number of carbonyl (C=O) groups is 1. The van der Waals surface area contributed by atoms with Crippen LogP contribution in [0.3, 0.4) is 0 Å². The van der Waals surface area contributed by atoms with Gasteiger partial charge in [-0.3, -0.25) is 4.79 Å². The summed E-state index contributed by atoms with van der Waals surface area (Å²) in [5.41, 5.74) is 8.07. The van der Waals surface area contributed by atoms with Crippen LogP contribution in [0.25, 0.3) is 0 Å². The molecule has 1 atom stereocenters. The molecule has 2 aromatic rings. The maximum absolute atomic E-state index is 11.2. The summed E-state index contributed by atoms with van der Waals surface area (Å²) in [5.74, 6) is -0.398. The monoisotopic (exact) mass is 268 g/mol. The summed E-state index contributed by atoms with van der Waals surface area (Å²) in [6.45, 7) is 2.15. The number of nitrogens with one attached hydrogen (secondary N) is 1. The molecule has 0 heterocycles. The number of rotatable bonds is 6. The van der Waals surface area contributed by atoms with Crippen molar-refractivity contribution >= 4 is 11.6 Å². The number of hydrogen-bond acceptors (Lipinski definition) is 2. The lowest BCUT2D eigenvalue weighted by atomic mass is 10.0. The molecule has 3 heteroatoms. The zero-order chi connectivity index (χ0) is 14.4. The van der Waals surface area contributed by atoms with E-state index in [9.17, 15) is 4.79 Å². The van der Waals surface area contributed by atoms with E-state index in [4.69, 9.17) is 5.73 Å². The van der Waals surface area contributed by atoms with Gasteiger partial charge in [0.1, 0.15) is 0 Å². The normalized spacial score (nSPS) is 11.8. The summed E-state index contributed by atoms with van der Waals surface area (Å²) < 4.78 is 0. The van der Waals surface area contributed by atoms with Gasteiger partial charge in [0.15, 0.2) is 0 Å². The van der Waals surface area contributed by atoms with Crippen molar-refractivity contribution in [1.82, 2.24) is 0 Å². The summed E-state index contributed by atoms with van der Waals surface area (Å²) in [6, 6.07) is 18.0. The third-order valence-corrected chi connectivity index (χ3v) is 3.34. The van der Waals surface area contributed by atoms with E-state index >= 15 is 0 Å². The van der Waals surface area contributed by atoms with Crippen LogP contribution < -0.4 is 11.1 Å². The minimum Gasteiger partial charge on any atom is -0.382 e. The number of anilines is 1. The van der Waals surface area contributed by atoms with Crippen molar-refractivity contribution in [3.05, 3.63) is 65.7 Å². The van der Waals surface area contributed by atoms with Gasteiger partial charge in [-0.25, -0.2) is 0 Å². The van der Waals surface area contributed by atoms with E-state index in [0.717, 1.165) is 18.5 Å². The Labute approximate surface area is 119 Å². The summed E-state index contributed by atoms with van der Waals surface area (Å²) in [4.78, 5) is 11.2. The van der Waals surface area contributed by atoms with E-state index in [-0.39, 0.29) is 0 Å². The van der Waals surface area contributed by atoms with Crippen molar-refractivity contribution in [2.45, 2.75) is 25.8 Å². The molecule has 0 aliphatic rings. The first-order valence-electron chi connectivity index (χ1n) is 6.89. The number of nitrogens with two attached hydrogens (primary N) is 1. The van der Waals surface area contributed by atoms with Crippen molar-refractivity contribution in [1.29, 1.82) is 0 Å². The standard InChI is InChI=1S/C17H20N2O/c1-2-15(11-13-7-4-3-5-8-13)19-16-10-6-9-14(12-16)17(18)20/h3-10,12,15,19H,2,11H2,1H3,(H2,18,20). The molecule has 104 valence electrons. The molecule has 0 radical (unpaired) electrons. The number of benzene rings is 2. The van der Waals surface area contributed by atoms with Crippen LogP contribution in [0, 0.1) is 0 Å². The molecular weight excluding hydrogens is 248 g/mol. The summed E-state index contributed by atoms with van der Waals surface area (Å²) >= 11 is 0. The van der Waals surface area contributed by atoms with Crippen LogP contribution in [0.2, 0.25) is 0 Å². The Morgan fingerprint density at radius 3 is 2.55 bits per heavy atom. The van der Waals surface area contributed by atoms with Crippen molar-refractivity contribution in [2.24, 2.45) is 5.73 Å². The molecule has 3 nitrogen and oxygen atoms in total. The first-order valence-corrected chi connectivity index (χ1v) is 6.89. The van der Waals surface area contributed by atoms with Crippen molar-refractivity contribution < 1.29 is 4.79 Å². The molecular formula is C17H20N2O. The number of carbonyl (C=O) groups excluding carboxylic acids is 1. The Bertz CT molecular complexity index is 566. The smallest absolute Gasteiger partial charge is 0.248 e. The van der Waals surface area contributed by atoms with Gasteiger partial charge < -0.3 is 11.1 Å². The molecule has 1 unspecified atom stereocenters. The van der Waals surface area contributed by atoms with Crippen LogP contribution in [0.1, 0.15) is 29.3 Å². The summed E-state index contributed by atoms with van der Waals surface area (Å²) in [7, 11) is 0. The van der Waals surface area contributed by atoms with E-state index in [1.54, 1.807) is 12.1 Å². The Morgan fingerprint density at radius 1 is 1.15 bits per heavy atom. The predicted molar refractivity (Wildman–Crippen MR) is 82.8 cm³/mol. The fourth-order valence-electron chi connectivity index (χ4n) is 2.19. The van der Waals surface area contributed by atoms with E-state index in [2.05, 4.69) is 36.5 Å². The number of primary amides is 1. The van der Waals surface area contributed by atoms with E-state index < -0.39 is 5.91 Å². The fraction of sp³-hybridized carbons (Fsp3) is 0.235. The third-order valence-electron chi connectivity index (χ3n) is 3.34. The highest BCUT2D eigenvalue weighted by molar-refractivity contribution is 5.93. The summed E-state index contributed by atoms with van der Waals surface area (Å²) in [6.07, 6.45) is 1.97. The van der Waals surface area contributed by atoms with E-state index in [1.165, 1.54) is 5.56 Å². The third kappa shape index (κ3) is 3.85. The van der Waals surface area contributed by atoms with Crippen molar-refractivity contribution in [3.63, 3.8) is 0 Å². The zero-order valence-electron chi connectivity index (χ0n) is 11.7. The average Bonchev–Trinajstić information content (AvgIpc) is 2.48. The number of hydrogen-bond donors (Lipinski definition) is 2. The highest BCUT2D eigenvalue weighted by Crippen LogP contribution is 2.15. The summed E-state index contributed by atoms with van der Waals surface area (Å²) in [5, 5.41) is 3.46. The number of amides is 1. The highest BCUT2D eigenvalue weighted by Gasteiger charge is 2.08. The first-order chi connectivity index (χ1) is 9.69. The molecule has 0 fully saturated rings. The molecule has 0 aromatic heterocycles. The molecule has 1 amide bonds. The maximum atomic E-state index is 11.2. The molecule has 0 saturated heterocycles. The van der Waals surface area contributed by atoms with Crippen LogP contribution in [-0.2, 0) is 6.42 Å². The molecule has 0 bridgehead atoms. The van der Waals surface area contributed by atoms with Gasteiger partial charge in [-0.15, -0.1) is 0 Å². The van der Waals surface area contributed by atoms with Gasteiger partial charge >= 0.3 is 0 Å². The van der Waals surface area contributed by atoms with Gasteiger partial charge in [-0.1, -0.05) is 43.3 Å². The lowest BCUT2D eigenvalue weighted by molar-refractivity contribution is 0.100. The second-order valence-electron chi connectivity index (χ2n) is 4.88. The lowest BCUT2D eigenvalue weighted by Crippen LogP contribution is -2.21. The maximum Gasteiger partial charge on any atom is 0.248 e. The molecule has 2 aromatic carbocycles. The topological polar surface area (TPSA) is 55.1 Å². The van der Waals surface area contributed by atoms with Crippen molar-refractivity contribution in [2.75, 3.05) is 5.32 Å². The van der Waals surface area contributed by atoms with E-state index in [0.29, 0.717) is 11.6 Å². The lowest BCUT2D eigenvalue weighted by Gasteiger charge is -2.18. The van der Waals surface area contributed by atoms with Crippen LogP contribution in [0.5, 0.6) is 0 Å². The SMILES string of the molecule is CCC(Cc1ccccc1)Nc1cccc(C(N)=O)c1. The Balaban J connectivity index is 2.06. The van der Waals surface area contributed by atoms with Crippen LogP contribution in [-0.4, -0.2) is 11.9 Å². The molecule has 0 aliphatic heterocycles. The first kappa shape index (κ1) is 14.1. The van der Waals surface area contributed by atoms with Crippen LogP contribution in [0.4, 0.5) is 5.69 Å². The van der Waals surface area contributed by atoms with E-state index in [1.807, 2.05) is 18.2 Å². The quantitative estimate of drug-likeness (QED) is 0.845. The minimum absolute atomic E-state index is 0.334. The van der Waals surface area contributed by atoms with Gasteiger partial charge in [0, 0.05) is 17.3 Å². The highest BCUT2D eigenvalue weighted by atomic mass is 16.1. The molecule has 2 rings (SSSR count). The Morgan fingerprint density at radius 2 is 1.90 bits per heavy atom. The molecule has 3 N–H and O–H groups in total. The van der Waals surface area contributed by atoms with Gasteiger partial charge in [-0.2, -0.15) is 0 Å².